The molecule has 0 bridgehead atoms. The Bertz CT molecular complexity index is 669. The van der Waals surface area contributed by atoms with Gasteiger partial charge >= 0.3 is 0 Å². The molecule has 110 valence electrons. The Hall–Kier alpha value is -2.15. The SMILES string of the molecule is CC(=O)N(CC(=O)Nc1cccc(Br)c1)c1cc(C)on1. The summed E-state index contributed by atoms with van der Waals surface area (Å²) in [5.74, 6) is 0.296. The number of anilines is 2. The molecule has 1 aromatic carbocycles. The van der Waals surface area contributed by atoms with Crippen LogP contribution in [0.1, 0.15) is 12.7 Å². The highest BCUT2D eigenvalue weighted by atomic mass is 79.9. The van der Waals surface area contributed by atoms with E-state index in [1.54, 1.807) is 25.1 Å². The van der Waals surface area contributed by atoms with E-state index in [-0.39, 0.29) is 18.4 Å². The quantitative estimate of drug-likeness (QED) is 0.918. The first-order valence-electron chi connectivity index (χ1n) is 6.22. The van der Waals surface area contributed by atoms with Crippen LogP contribution in [0.3, 0.4) is 0 Å². The molecule has 2 rings (SSSR count). The second-order valence-electron chi connectivity index (χ2n) is 4.46. The molecule has 0 fully saturated rings. The van der Waals surface area contributed by atoms with Crippen LogP contribution in [0.2, 0.25) is 0 Å². The van der Waals surface area contributed by atoms with Gasteiger partial charge in [0.1, 0.15) is 12.3 Å². The molecule has 6 nitrogen and oxygen atoms in total. The van der Waals surface area contributed by atoms with E-state index in [2.05, 4.69) is 26.4 Å². The number of carbonyl (C=O) groups is 2. The average molecular weight is 352 g/mol. The predicted octanol–water partition coefficient (Wildman–Crippen LogP) is 2.74. The molecule has 0 atom stereocenters. The first kappa shape index (κ1) is 15.2. The van der Waals surface area contributed by atoms with Crippen molar-refractivity contribution in [2.24, 2.45) is 0 Å². The van der Waals surface area contributed by atoms with Crippen LogP contribution < -0.4 is 10.2 Å². The van der Waals surface area contributed by atoms with E-state index in [0.717, 1.165) is 4.47 Å². The number of aryl methyl sites for hydroxylation is 1. The fourth-order valence-corrected chi connectivity index (χ4v) is 2.14. The minimum atomic E-state index is -0.316. The highest BCUT2D eigenvalue weighted by Crippen LogP contribution is 2.17. The number of nitrogens with zero attached hydrogens (tertiary/aromatic N) is 2. The summed E-state index contributed by atoms with van der Waals surface area (Å²) in [4.78, 5) is 24.9. The molecule has 0 aliphatic rings. The zero-order valence-electron chi connectivity index (χ0n) is 11.6. The number of rotatable bonds is 4. The molecule has 0 aliphatic carbocycles. The number of halogens is 1. The van der Waals surface area contributed by atoms with E-state index in [9.17, 15) is 9.59 Å². The first-order chi connectivity index (χ1) is 9.95. The lowest BCUT2D eigenvalue weighted by atomic mass is 10.3. The molecule has 0 spiro atoms. The van der Waals surface area contributed by atoms with Gasteiger partial charge in [0.05, 0.1) is 0 Å². The Kier molecular flexibility index (Phi) is 4.74. The molecule has 1 heterocycles. The second-order valence-corrected chi connectivity index (χ2v) is 5.38. The van der Waals surface area contributed by atoms with Crippen LogP contribution in [0, 0.1) is 6.92 Å². The fraction of sp³-hybridized carbons (Fsp3) is 0.214. The number of benzene rings is 1. The van der Waals surface area contributed by atoms with Crippen LogP contribution in [-0.2, 0) is 9.59 Å². The van der Waals surface area contributed by atoms with E-state index >= 15 is 0 Å². The number of aromatic nitrogens is 1. The lowest BCUT2D eigenvalue weighted by molar-refractivity contribution is -0.120. The molecule has 0 unspecified atom stereocenters. The average Bonchev–Trinajstić information content (AvgIpc) is 2.82. The summed E-state index contributed by atoms with van der Waals surface area (Å²) in [6.07, 6.45) is 0. The van der Waals surface area contributed by atoms with Gasteiger partial charge in [0.15, 0.2) is 5.82 Å². The third kappa shape index (κ3) is 4.16. The largest absolute Gasteiger partial charge is 0.360 e. The number of nitrogens with one attached hydrogen (secondary N) is 1. The lowest BCUT2D eigenvalue weighted by Gasteiger charge is -2.17. The lowest BCUT2D eigenvalue weighted by Crippen LogP contribution is -2.36. The van der Waals surface area contributed by atoms with Crippen LogP contribution >= 0.6 is 15.9 Å². The molecule has 1 N–H and O–H groups in total. The van der Waals surface area contributed by atoms with Gasteiger partial charge in [-0.05, 0) is 25.1 Å². The minimum absolute atomic E-state index is 0.131. The van der Waals surface area contributed by atoms with Gasteiger partial charge in [-0.3, -0.25) is 14.5 Å². The molecule has 0 saturated carbocycles. The van der Waals surface area contributed by atoms with Gasteiger partial charge in [0, 0.05) is 23.2 Å². The van der Waals surface area contributed by atoms with Crippen molar-refractivity contribution in [1.82, 2.24) is 5.16 Å². The molecule has 1 aromatic heterocycles. The van der Waals surface area contributed by atoms with E-state index in [1.807, 2.05) is 12.1 Å². The predicted molar refractivity (Wildman–Crippen MR) is 82.0 cm³/mol. The van der Waals surface area contributed by atoms with Crippen molar-refractivity contribution in [3.05, 3.63) is 40.6 Å². The van der Waals surface area contributed by atoms with Crippen LogP contribution in [0.15, 0.2) is 39.3 Å². The Morgan fingerprint density at radius 3 is 2.71 bits per heavy atom. The Balaban J connectivity index is 2.07. The van der Waals surface area contributed by atoms with Gasteiger partial charge < -0.3 is 9.84 Å². The summed E-state index contributed by atoms with van der Waals surface area (Å²) in [6.45, 7) is 2.96. The fourth-order valence-electron chi connectivity index (χ4n) is 1.74. The number of hydrogen-bond donors (Lipinski definition) is 1. The third-order valence-electron chi connectivity index (χ3n) is 2.68. The number of carbonyl (C=O) groups excluding carboxylic acids is 2. The zero-order valence-corrected chi connectivity index (χ0v) is 13.2. The molecule has 0 aliphatic heterocycles. The minimum Gasteiger partial charge on any atom is -0.360 e. The van der Waals surface area contributed by atoms with Crippen LogP contribution in [0.5, 0.6) is 0 Å². The number of hydrogen-bond acceptors (Lipinski definition) is 4. The van der Waals surface area contributed by atoms with Crippen LogP contribution in [0.4, 0.5) is 11.5 Å². The van der Waals surface area contributed by atoms with Crippen LogP contribution in [0.25, 0.3) is 0 Å². The molecular formula is C14H14BrN3O3. The van der Waals surface area contributed by atoms with Crippen molar-refractivity contribution in [3.8, 4) is 0 Å². The zero-order chi connectivity index (χ0) is 15.4. The van der Waals surface area contributed by atoms with Crippen LogP contribution in [-0.4, -0.2) is 23.5 Å². The summed E-state index contributed by atoms with van der Waals surface area (Å²) in [7, 11) is 0. The molecule has 21 heavy (non-hydrogen) atoms. The van der Waals surface area contributed by atoms with E-state index in [1.165, 1.54) is 11.8 Å². The van der Waals surface area contributed by atoms with Gasteiger partial charge in [0.2, 0.25) is 11.8 Å². The maximum Gasteiger partial charge on any atom is 0.244 e. The molecule has 2 amide bonds. The van der Waals surface area contributed by atoms with Crippen molar-refractivity contribution in [3.63, 3.8) is 0 Å². The summed E-state index contributed by atoms with van der Waals surface area (Å²) in [5.41, 5.74) is 0.647. The molecule has 0 radical (unpaired) electrons. The third-order valence-corrected chi connectivity index (χ3v) is 3.18. The number of amides is 2. The van der Waals surface area contributed by atoms with Gasteiger partial charge in [-0.25, -0.2) is 0 Å². The van der Waals surface area contributed by atoms with Crippen molar-refractivity contribution < 1.29 is 14.1 Å². The highest BCUT2D eigenvalue weighted by Gasteiger charge is 2.19. The first-order valence-corrected chi connectivity index (χ1v) is 7.02. The summed E-state index contributed by atoms with van der Waals surface area (Å²) >= 11 is 3.33. The Morgan fingerprint density at radius 1 is 1.38 bits per heavy atom. The van der Waals surface area contributed by atoms with Gasteiger partial charge in [0.25, 0.3) is 0 Å². The van der Waals surface area contributed by atoms with Crippen molar-refractivity contribution >= 4 is 39.2 Å². The van der Waals surface area contributed by atoms with Crippen molar-refractivity contribution in [2.75, 3.05) is 16.8 Å². The van der Waals surface area contributed by atoms with Gasteiger partial charge in [-0.15, -0.1) is 0 Å². The van der Waals surface area contributed by atoms with Gasteiger partial charge in [-0.1, -0.05) is 27.2 Å². The smallest absolute Gasteiger partial charge is 0.244 e. The monoisotopic (exact) mass is 351 g/mol. The molecule has 7 heteroatoms. The van der Waals surface area contributed by atoms with Gasteiger partial charge in [-0.2, -0.15) is 0 Å². The second kappa shape index (κ2) is 6.53. The summed E-state index contributed by atoms with van der Waals surface area (Å²) < 4.78 is 5.79. The summed E-state index contributed by atoms with van der Waals surface area (Å²) in [6, 6.07) is 8.81. The van der Waals surface area contributed by atoms with E-state index < -0.39 is 0 Å². The molecule has 0 saturated heterocycles. The molecule has 2 aromatic rings. The Morgan fingerprint density at radius 2 is 2.14 bits per heavy atom. The molecular weight excluding hydrogens is 338 g/mol. The standard InChI is InChI=1S/C14H14BrN3O3/c1-9-6-13(17-21-9)18(10(2)19)8-14(20)16-12-5-3-4-11(15)7-12/h3-7H,8H2,1-2H3,(H,16,20). The van der Waals surface area contributed by atoms with E-state index in [4.69, 9.17) is 4.52 Å². The maximum atomic E-state index is 12.0. The maximum absolute atomic E-state index is 12.0. The van der Waals surface area contributed by atoms with Crippen molar-refractivity contribution in [1.29, 1.82) is 0 Å². The van der Waals surface area contributed by atoms with Crippen molar-refractivity contribution in [2.45, 2.75) is 13.8 Å². The summed E-state index contributed by atoms with van der Waals surface area (Å²) in [5, 5.41) is 6.48. The highest BCUT2D eigenvalue weighted by molar-refractivity contribution is 9.10. The topological polar surface area (TPSA) is 75.4 Å². The Labute approximate surface area is 130 Å². The normalized spacial score (nSPS) is 10.2. The van der Waals surface area contributed by atoms with E-state index in [0.29, 0.717) is 17.3 Å².